The van der Waals surface area contributed by atoms with Crippen LogP contribution in [0.4, 0.5) is 4.39 Å². The second-order valence-corrected chi connectivity index (χ2v) is 4.76. The topological polar surface area (TPSA) is 79.0 Å². The van der Waals surface area contributed by atoms with Gasteiger partial charge in [-0.2, -0.15) is 0 Å². The van der Waals surface area contributed by atoms with Crippen LogP contribution < -0.4 is 11.1 Å². The lowest BCUT2D eigenvalue weighted by atomic mass is 9.92. The van der Waals surface area contributed by atoms with Crippen molar-refractivity contribution < 1.29 is 9.18 Å². The van der Waals surface area contributed by atoms with E-state index < -0.39 is 11.6 Å². The fraction of sp³-hybridized carbons (Fsp3) is 0.385. The summed E-state index contributed by atoms with van der Waals surface area (Å²) in [5.74, 6) is -0.771. The van der Waals surface area contributed by atoms with E-state index in [4.69, 9.17) is 11.1 Å². The first-order valence-electron chi connectivity index (χ1n) is 5.63. The number of rotatable bonds is 3. The number of hydrogen-bond acceptors (Lipinski definition) is 2. The first-order chi connectivity index (χ1) is 8.20. The Morgan fingerprint density at radius 1 is 1.50 bits per heavy atom. The van der Waals surface area contributed by atoms with Crippen molar-refractivity contribution >= 4 is 11.9 Å². The van der Waals surface area contributed by atoms with E-state index in [1.807, 2.05) is 6.92 Å². The van der Waals surface area contributed by atoms with E-state index in [0.717, 1.165) is 5.56 Å². The van der Waals surface area contributed by atoms with Crippen LogP contribution in [-0.4, -0.2) is 11.9 Å². The average molecular weight is 251 g/mol. The number of nitrogens with two attached hydrogens (primary N) is 1. The second kappa shape index (κ2) is 5.16. The zero-order valence-corrected chi connectivity index (χ0v) is 10.8. The largest absolute Gasteiger partial charge is 0.370 e. The minimum absolute atomic E-state index is 0.0724. The molecule has 1 aromatic carbocycles. The van der Waals surface area contributed by atoms with Gasteiger partial charge in [0, 0.05) is 0 Å². The van der Waals surface area contributed by atoms with Gasteiger partial charge >= 0.3 is 0 Å². The number of guanidine groups is 1. The highest BCUT2D eigenvalue weighted by molar-refractivity contribution is 5.95. The van der Waals surface area contributed by atoms with Crippen LogP contribution in [0, 0.1) is 12.3 Å². The lowest BCUT2D eigenvalue weighted by Gasteiger charge is -2.18. The van der Waals surface area contributed by atoms with E-state index >= 15 is 0 Å². The third-order valence-corrected chi connectivity index (χ3v) is 2.58. The van der Waals surface area contributed by atoms with Gasteiger partial charge in [0.05, 0.1) is 6.42 Å². The Bertz CT molecular complexity index is 478. The van der Waals surface area contributed by atoms with Gasteiger partial charge < -0.3 is 5.73 Å². The van der Waals surface area contributed by atoms with Crippen molar-refractivity contribution in [2.24, 2.45) is 5.73 Å². The maximum atomic E-state index is 14.0. The molecule has 0 saturated heterocycles. The van der Waals surface area contributed by atoms with Crippen molar-refractivity contribution in [3.63, 3.8) is 0 Å². The van der Waals surface area contributed by atoms with Crippen LogP contribution in [0.1, 0.15) is 30.5 Å². The molecular formula is C13H18FN3O. The summed E-state index contributed by atoms with van der Waals surface area (Å²) in [6, 6.07) is 5.23. The Hall–Kier alpha value is -1.91. The van der Waals surface area contributed by atoms with E-state index in [9.17, 15) is 9.18 Å². The van der Waals surface area contributed by atoms with E-state index in [2.05, 4.69) is 5.32 Å². The van der Waals surface area contributed by atoms with Crippen LogP contribution in [0.5, 0.6) is 0 Å². The van der Waals surface area contributed by atoms with Crippen LogP contribution >= 0.6 is 0 Å². The summed E-state index contributed by atoms with van der Waals surface area (Å²) in [5.41, 5.74) is 5.72. The highest BCUT2D eigenvalue weighted by Crippen LogP contribution is 2.28. The summed E-state index contributed by atoms with van der Waals surface area (Å²) < 4.78 is 14.0. The molecule has 4 nitrogen and oxygen atoms in total. The Kier molecular flexibility index (Phi) is 4.06. The molecule has 0 atom stereocenters. The summed E-state index contributed by atoms with van der Waals surface area (Å²) in [4.78, 5) is 11.4. The van der Waals surface area contributed by atoms with Gasteiger partial charge in [0.2, 0.25) is 5.91 Å². The summed E-state index contributed by atoms with van der Waals surface area (Å²) >= 11 is 0. The molecule has 1 amide bonds. The minimum Gasteiger partial charge on any atom is -0.370 e. The normalized spacial score (nSPS) is 11.1. The third-order valence-electron chi connectivity index (χ3n) is 2.58. The summed E-state index contributed by atoms with van der Waals surface area (Å²) in [7, 11) is 0. The van der Waals surface area contributed by atoms with Crippen molar-refractivity contribution in [3.8, 4) is 0 Å². The fourth-order valence-corrected chi connectivity index (χ4v) is 1.80. The fourth-order valence-electron chi connectivity index (χ4n) is 1.80. The SMILES string of the molecule is Cc1ccc(CC(=O)NC(=N)N)cc1C(C)(C)F. The molecule has 0 unspecified atom stereocenters. The van der Waals surface area contributed by atoms with E-state index in [1.54, 1.807) is 18.2 Å². The average Bonchev–Trinajstić information content (AvgIpc) is 2.17. The number of halogens is 1. The molecule has 0 aliphatic rings. The molecule has 5 heteroatoms. The second-order valence-electron chi connectivity index (χ2n) is 4.76. The van der Waals surface area contributed by atoms with Crippen molar-refractivity contribution in [2.75, 3.05) is 0 Å². The van der Waals surface area contributed by atoms with Gasteiger partial charge in [-0.15, -0.1) is 0 Å². The quantitative estimate of drug-likeness (QED) is 0.565. The summed E-state index contributed by atoms with van der Waals surface area (Å²) in [6.07, 6.45) is 0.0724. The third kappa shape index (κ3) is 3.84. The molecule has 0 bridgehead atoms. The maximum Gasteiger partial charge on any atom is 0.231 e. The van der Waals surface area contributed by atoms with Crippen molar-refractivity contribution in [2.45, 2.75) is 32.9 Å². The predicted octanol–water partition coefficient (Wildman–Crippen LogP) is 1.75. The Labute approximate surface area is 106 Å². The summed E-state index contributed by atoms with van der Waals surface area (Å²) in [6.45, 7) is 4.79. The molecule has 18 heavy (non-hydrogen) atoms. The molecule has 1 rings (SSSR count). The van der Waals surface area contributed by atoms with Crippen molar-refractivity contribution in [1.29, 1.82) is 5.41 Å². The first-order valence-corrected chi connectivity index (χ1v) is 5.63. The molecule has 4 N–H and O–H groups in total. The number of hydrogen-bond donors (Lipinski definition) is 3. The zero-order chi connectivity index (χ0) is 13.9. The van der Waals surface area contributed by atoms with Gasteiger partial charge in [-0.1, -0.05) is 18.2 Å². The molecule has 0 radical (unpaired) electrons. The van der Waals surface area contributed by atoms with E-state index in [-0.39, 0.29) is 12.3 Å². The van der Waals surface area contributed by atoms with E-state index in [0.29, 0.717) is 11.1 Å². The van der Waals surface area contributed by atoms with Gasteiger partial charge in [-0.25, -0.2) is 4.39 Å². The van der Waals surface area contributed by atoms with E-state index in [1.165, 1.54) is 13.8 Å². The molecule has 0 saturated carbocycles. The smallest absolute Gasteiger partial charge is 0.231 e. The molecule has 0 heterocycles. The predicted molar refractivity (Wildman–Crippen MR) is 69.1 cm³/mol. The number of nitrogens with one attached hydrogen (secondary N) is 2. The molecule has 0 aliphatic heterocycles. The van der Waals surface area contributed by atoms with Crippen molar-refractivity contribution in [3.05, 3.63) is 34.9 Å². The maximum absolute atomic E-state index is 14.0. The molecule has 0 spiro atoms. The highest BCUT2D eigenvalue weighted by Gasteiger charge is 2.21. The molecule has 0 aromatic heterocycles. The van der Waals surface area contributed by atoms with Crippen LogP contribution in [-0.2, 0) is 16.9 Å². The van der Waals surface area contributed by atoms with Crippen LogP contribution in [0.3, 0.4) is 0 Å². The lowest BCUT2D eigenvalue weighted by molar-refractivity contribution is -0.119. The number of aryl methyl sites for hydroxylation is 1. The zero-order valence-electron chi connectivity index (χ0n) is 10.8. The molecule has 1 aromatic rings. The monoisotopic (exact) mass is 251 g/mol. The van der Waals surface area contributed by atoms with Gasteiger partial charge in [-0.05, 0) is 37.5 Å². The summed E-state index contributed by atoms with van der Waals surface area (Å²) in [5, 5.41) is 9.14. The van der Waals surface area contributed by atoms with Gasteiger partial charge in [0.25, 0.3) is 0 Å². The first kappa shape index (κ1) is 14.2. The van der Waals surface area contributed by atoms with Gasteiger partial charge in [0.15, 0.2) is 5.96 Å². The van der Waals surface area contributed by atoms with Crippen LogP contribution in [0.2, 0.25) is 0 Å². The Balaban J connectivity index is 2.92. The lowest BCUT2D eigenvalue weighted by Crippen LogP contribution is -2.36. The number of benzene rings is 1. The standard InChI is InChI=1S/C13H18FN3O/c1-8-4-5-9(6-10(8)13(2,3)14)7-11(18)17-12(15)16/h4-6H,7H2,1-3H3,(H4,15,16,17,18). The van der Waals surface area contributed by atoms with Crippen LogP contribution in [0.25, 0.3) is 0 Å². The minimum atomic E-state index is -1.45. The molecular weight excluding hydrogens is 233 g/mol. The highest BCUT2D eigenvalue weighted by atomic mass is 19.1. The van der Waals surface area contributed by atoms with Crippen LogP contribution in [0.15, 0.2) is 18.2 Å². The number of alkyl halides is 1. The number of carbonyl (C=O) groups excluding carboxylic acids is 1. The molecule has 0 aliphatic carbocycles. The Morgan fingerprint density at radius 3 is 2.61 bits per heavy atom. The van der Waals surface area contributed by atoms with Gasteiger partial charge in [0.1, 0.15) is 5.67 Å². The molecule has 98 valence electrons. The number of amides is 1. The molecule has 0 fully saturated rings. The van der Waals surface area contributed by atoms with Crippen molar-refractivity contribution in [1.82, 2.24) is 5.32 Å². The number of carbonyl (C=O) groups is 1. The Morgan fingerprint density at radius 2 is 2.11 bits per heavy atom. The van der Waals surface area contributed by atoms with Gasteiger partial charge in [-0.3, -0.25) is 15.5 Å².